The number of pyridine rings is 1. The molecule has 0 aliphatic rings. The van der Waals surface area contributed by atoms with Crippen molar-refractivity contribution in [1.82, 2.24) is 19.5 Å². The molecular weight excluding hydrogens is 258 g/mol. The molecule has 0 unspecified atom stereocenters. The van der Waals surface area contributed by atoms with Gasteiger partial charge in [-0.25, -0.2) is 9.97 Å². The maximum atomic E-state index is 5.98. The van der Waals surface area contributed by atoms with Gasteiger partial charge in [-0.05, 0) is 13.0 Å². The number of imidazole rings is 1. The molecule has 0 fully saturated rings. The Kier molecular flexibility index (Phi) is 3.00. The molecule has 0 radical (unpaired) electrons. The third-order valence-electron chi connectivity index (χ3n) is 2.84. The fourth-order valence-electron chi connectivity index (χ4n) is 1.95. The van der Waals surface area contributed by atoms with Crippen molar-refractivity contribution in [3.63, 3.8) is 0 Å². The summed E-state index contributed by atoms with van der Waals surface area (Å²) in [6.45, 7) is 2.69. The zero-order valence-corrected chi connectivity index (χ0v) is 11.3. The first-order valence-corrected chi connectivity index (χ1v) is 6.73. The van der Waals surface area contributed by atoms with E-state index in [0.717, 1.165) is 22.0 Å². The average Bonchev–Trinajstić information content (AvgIpc) is 3.00. The number of hydrogen-bond acceptors (Lipinski definition) is 5. The molecular formula is C13H13N5S. The minimum Gasteiger partial charge on any atom is -0.398 e. The molecule has 0 atom stereocenters. The van der Waals surface area contributed by atoms with Crippen molar-refractivity contribution in [1.29, 1.82) is 0 Å². The van der Waals surface area contributed by atoms with Gasteiger partial charge in [0, 0.05) is 29.0 Å². The number of aromatic nitrogens is 4. The second kappa shape index (κ2) is 4.81. The van der Waals surface area contributed by atoms with Crippen LogP contribution in [0.2, 0.25) is 0 Å². The van der Waals surface area contributed by atoms with Gasteiger partial charge in [-0.1, -0.05) is 0 Å². The first-order chi connectivity index (χ1) is 9.24. The van der Waals surface area contributed by atoms with Gasteiger partial charge >= 0.3 is 0 Å². The average molecular weight is 271 g/mol. The second-order valence-electron chi connectivity index (χ2n) is 4.23. The van der Waals surface area contributed by atoms with Gasteiger partial charge in [-0.3, -0.25) is 4.98 Å². The molecule has 96 valence electrons. The number of anilines is 1. The van der Waals surface area contributed by atoms with Crippen molar-refractivity contribution in [2.24, 2.45) is 0 Å². The van der Waals surface area contributed by atoms with Crippen LogP contribution in [0.15, 0.2) is 36.4 Å². The number of hydrogen-bond donors (Lipinski definition) is 1. The lowest BCUT2D eigenvalue weighted by molar-refractivity contribution is 0.783. The fraction of sp³-hybridized carbons (Fsp3) is 0.154. The summed E-state index contributed by atoms with van der Waals surface area (Å²) in [6.07, 6.45) is 7.03. The Labute approximate surface area is 114 Å². The predicted molar refractivity (Wildman–Crippen MR) is 75.8 cm³/mol. The molecule has 0 saturated heterocycles. The van der Waals surface area contributed by atoms with Gasteiger partial charge in [0.2, 0.25) is 0 Å². The van der Waals surface area contributed by atoms with E-state index in [0.29, 0.717) is 12.2 Å². The molecule has 5 nitrogen and oxygen atoms in total. The van der Waals surface area contributed by atoms with Crippen molar-refractivity contribution >= 4 is 17.0 Å². The van der Waals surface area contributed by atoms with Crippen LogP contribution >= 0.6 is 11.3 Å². The van der Waals surface area contributed by atoms with E-state index in [2.05, 4.69) is 20.3 Å². The molecule has 3 heterocycles. The summed E-state index contributed by atoms with van der Waals surface area (Å²) in [5, 5.41) is 3.13. The number of nitrogen functional groups attached to an aromatic ring is 1. The number of nitrogens with zero attached hydrogens (tertiary/aromatic N) is 4. The van der Waals surface area contributed by atoms with E-state index in [1.165, 1.54) is 0 Å². The Morgan fingerprint density at radius 1 is 1.32 bits per heavy atom. The number of thiazole rings is 1. The minimum atomic E-state index is 0.688. The molecule has 0 saturated carbocycles. The first kappa shape index (κ1) is 11.9. The Balaban J connectivity index is 1.97. The minimum absolute atomic E-state index is 0.688. The highest BCUT2D eigenvalue weighted by Crippen LogP contribution is 2.24. The quantitative estimate of drug-likeness (QED) is 0.793. The normalized spacial score (nSPS) is 10.8. The standard InChI is InChI=1S/C13H13N5S/c1-9-17-10(7-19-9)6-18-8-16-5-13(18)11-4-15-3-2-12(11)14/h2-5,7-8H,6H2,1H3,(H2,14,15). The van der Waals surface area contributed by atoms with Crippen LogP contribution in [0.25, 0.3) is 11.3 Å². The summed E-state index contributed by atoms with van der Waals surface area (Å²) in [6, 6.07) is 1.79. The number of aryl methyl sites for hydroxylation is 1. The highest BCUT2D eigenvalue weighted by atomic mass is 32.1. The van der Waals surface area contributed by atoms with Crippen molar-refractivity contribution in [2.45, 2.75) is 13.5 Å². The van der Waals surface area contributed by atoms with E-state index in [9.17, 15) is 0 Å². The SMILES string of the molecule is Cc1nc(Cn2cncc2-c2cnccc2N)cs1. The topological polar surface area (TPSA) is 69.6 Å². The summed E-state index contributed by atoms with van der Waals surface area (Å²) in [4.78, 5) is 12.8. The molecule has 2 N–H and O–H groups in total. The Hall–Kier alpha value is -2.21. The third-order valence-corrected chi connectivity index (χ3v) is 3.66. The Morgan fingerprint density at radius 3 is 2.95 bits per heavy atom. The van der Waals surface area contributed by atoms with Crippen molar-refractivity contribution < 1.29 is 0 Å². The van der Waals surface area contributed by atoms with E-state index in [1.54, 1.807) is 42.3 Å². The third kappa shape index (κ3) is 2.34. The molecule has 3 aromatic rings. The molecule has 3 aromatic heterocycles. The van der Waals surface area contributed by atoms with E-state index in [4.69, 9.17) is 5.73 Å². The van der Waals surface area contributed by atoms with Crippen LogP contribution in [0.5, 0.6) is 0 Å². The van der Waals surface area contributed by atoms with Crippen molar-refractivity contribution in [3.8, 4) is 11.3 Å². The maximum absolute atomic E-state index is 5.98. The van der Waals surface area contributed by atoms with Crippen LogP contribution in [0, 0.1) is 6.92 Å². The number of nitrogens with two attached hydrogens (primary N) is 1. The summed E-state index contributed by atoms with van der Waals surface area (Å²) in [7, 11) is 0. The smallest absolute Gasteiger partial charge is 0.0954 e. The van der Waals surface area contributed by atoms with Gasteiger partial charge < -0.3 is 10.3 Å². The van der Waals surface area contributed by atoms with Gasteiger partial charge in [0.1, 0.15) is 0 Å². The lowest BCUT2D eigenvalue weighted by Crippen LogP contribution is -2.02. The molecule has 3 rings (SSSR count). The molecule has 6 heteroatoms. The van der Waals surface area contributed by atoms with E-state index >= 15 is 0 Å². The molecule has 0 aromatic carbocycles. The molecule has 19 heavy (non-hydrogen) atoms. The highest BCUT2D eigenvalue weighted by molar-refractivity contribution is 7.09. The van der Waals surface area contributed by atoms with Crippen LogP contribution in [0.1, 0.15) is 10.7 Å². The van der Waals surface area contributed by atoms with Crippen LogP contribution in [-0.4, -0.2) is 19.5 Å². The van der Waals surface area contributed by atoms with Gasteiger partial charge in [-0.2, -0.15) is 0 Å². The van der Waals surface area contributed by atoms with Crippen molar-refractivity contribution in [3.05, 3.63) is 47.1 Å². The van der Waals surface area contributed by atoms with Crippen LogP contribution in [0.3, 0.4) is 0 Å². The van der Waals surface area contributed by atoms with Crippen LogP contribution < -0.4 is 5.73 Å². The highest BCUT2D eigenvalue weighted by Gasteiger charge is 2.10. The van der Waals surface area contributed by atoms with E-state index < -0.39 is 0 Å². The van der Waals surface area contributed by atoms with Gasteiger partial charge in [0.25, 0.3) is 0 Å². The van der Waals surface area contributed by atoms with E-state index in [1.807, 2.05) is 11.5 Å². The van der Waals surface area contributed by atoms with Crippen LogP contribution in [0.4, 0.5) is 5.69 Å². The summed E-state index contributed by atoms with van der Waals surface area (Å²) in [5.41, 5.74) is 9.57. The number of rotatable bonds is 3. The van der Waals surface area contributed by atoms with E-state index in [-0.39, 0.29) is 0 Å². The predicted octanol–water partition coefficient (Wildman–Crippen LogP) is 2.34. The fourth-order valence-corrected chi connectivity index (χ4v) is 2.55. The Morgan fingerprint density at radius 2 is 2.21 bits per heavy atom. The first-order valence-electron chi connectivity index (χ1n) is 5.85. The summed E-state index contributed by atoms with van der Waals surface area (Å²) < 4.78 is 2.03. The molecule has 0 spiro atoms. The lowest BCUT2D eigenvalue weighted by atomic mass is 10.2. The molecule has 0 aliphatic heterocycles. The maximum Gasteiger partial charge on any atom is 0.0954 e. The largest absolute Gasteiger partial charge is 0.398 e. The zero-order valence-electron chi connectivity index (χ0n) is 10.4. The van der Waals surface area contributed by atoms with Gasteiger partial charge in [-0.15, -0.1) is 11.3 Å². The Bertz CT molecular complexity index is 700. The monoisotopic (exact) mass is 271 g/mol. The summed E-state index contributed by atoms with van der Waals surface area (Å²) >= 11 is 1.65. The van der Waals surface area contributed by atoms with Crippen molar-refractivity contribution in [2.75, 3.05) is 5.73 Å². The lowest BCUT2D eigenvalue weighted by Gasteiger charge is -2.08. The van der Waals surface area contributed by atoms with Gasteiger partial charge in [0.15, 0.2) is 0 Å². The van der Waals surface area contributed by atoms with Gasteiger partial charge in [0.05, 0.1) is 35.5 Å². The molecule has 0 amide bonds. The second-order valence-corrected chi connectivity index (χ2v) is 5.29. The van der Waals surface area contributed by atoms with Crippen LogP contribution in [-0.2, 0) is 6.54 Å². The molecule has 0 aliphatic carbocycles. The zero-order chi connectivity index (χ0) is 13.2. The molecule has 0 bridgehead atoms. The summed E-state index contributed by atoms with van der Waals surface area (Å²) in [5.74, 6) is 0.